The quantitative estimate of drug-likeness (QED) is 0.865. The van der Waals surface area contributed by atoms with E-state index in [1.165, 1.54) is 29.3 Å². The number of Topliss-reactive ketones (excluding diaryl/α,β-unsaturated/α-hetero) is 1. The Balaban J connectivity index is 2.52. The molecule has 7 heteroatoms. The van der Waals surface area contributed by atoms with Crippen molar-refractivity contribution < 1.29 is 19.1 Å². The Morgan fingerprint density at radius 2 is 1.95 bits per heavy atom. The molecule has 1 atom stereocenters. The highest BCUT2D eigenvalue weighted by Crippen LogP contribution is 2.27. The fraction of sp³-hybridized carbons (Fsp3) is 0.286. The second-order valence-electron chi connectivity index (χ2n) is 4.88. The van der Waals surface area contributed by atoms with Crippen molar-refractivity contribution in [3.63, 3.8) is 0 Å². The molecule has 0 saturated heterocycles. The number of thiocarbonyl (C=S) groups is 1. The minimum atomic E-state index is -1.40. The Morgan fingerprint density at radius 3 is 2.43 bits per heavy atom. The molecule has 5 nitrogen and oxygen atoms in total. The SMILES string of the molecule is CC(C)N1N=C(C(=O)O)C(=O)C(c2ccc(F)cc2)C1=S. The molecule has 0 radical (unpaired) electrons. The molecule has 0 bridgehead atoms. The highest BCUT2D eigenvalue weighted by Gasteiger charge is 2.40. The lowest BCUT2D eigenvalue weighted by atomic mass is 9.90. The lowest BCUT2D eigenvalue weighted by Crippen LogP contribution is -2.47. The third-order valence-corrected chi connectivity index (χ3v) is 3.49. The molecule has 21 heavy (non-hydrogen) atoms. The van der Waals surface area contributed by atoms with Crippen LogP contribution in [0.2, 0.25) is 0 Å². The topological polar surface area (TPSA) is 70.0 Å². The molecule has 0 saturated carbocycles. The van der Waals surface area contributed by atoms with Gasteiger partial charge in [0.2, 0.25) is 11.5 Å². The van der Waals surface area contributed by atoms with E-state index in [2.05, 4.69) is 5.10 Å². The first-order chi connectivity index (χ1) is 9.82. The molecule has 110 valence electrons. The maximum Gasteiger partial charge on any atom is 0.360 e. The van der Waals surface area contributed by atoms with Crippen LogP contribution < -0.4 is 0 Å². The van der Waals surface area contributed by atoms with E-state index in [0.29, 0.717) is 5.56 Å². The van der Waals surface area contributed by atoms with Crippen molar-refractivity contribution >= 4 is 34.7 Å². The van der Waals surface area contributed by atoms with Crippen molar-refractivity contribution in [3.8, 4) is 0 Å². The van der Waals surface area contributed by atoms with Crippen LogP contribution in [0, 0.1) is 5.82 Å². The van der Waals surface area contributed by atoms with E-state index < -0.39 is 29.2 Å². The van der Waals surface area contributed by atoms with Crippen LogP contribution in [0.4, 0.5) is 4.39 Å². The zero-order valence-corrected chi connectivity index (χ0v) is 12.2. The normalized spacial score (nSPS) is 19.0. The number of hydrazone groups is 1. The molecule has 1 aliphatic heterocycles. The summed E-state index contributed by atoms with van der Waals surface area (Å²) in [4.78, 5) is 23.7. The summed E-state index contributed by atoms with van der Waals surface area (Å²) in [6.07, 6.45) is 0. The summed E-state index contributed by atoms with van der Waals surface area (Å²) in [6, 6.07) is 5.07. The molecular weight excluding hydrogens is 295 g/mol. The molecule has 0 spiro atoms. The van der Waals surface area contributed by atoms with E-state index in [4.69, 9.17) is 17.3 Å². The number of halogens is 1. The Hall–Kier alpha value is -2.15. The van der Waals surface area contributed by atoms with Crippen molar-refractivity contribution in [1.82, 2.24) is 5.01 Å². The average molecular weight is 308 g/mol. The first-order valence-corrected chi connectivity index (χ1v) is 6.68. The lowest BCUT2D eigenvalue weighted by molar-refractivity contribution is -0.130. The summed E-state index contributed by atoms with van der Waals surface area (Å²) in [5, 5.41) is 14.3. The van der Waals surface area contributed by atoms with Gasteiger partial charge in [0.15, 0.2) is 0 Å². The summed E-state index contributed by atoms with van der Waals surface area (Å²) < 4.78 is 13.0. The van der Waals surface area contributed by atoms with Crippen molar-refractivity contribution in [1.29, 1.82) is 0 Å². The van der Waals surface area contributed by atoms with Crippen LogP contribution >= 0.6 is 12.2 Å². The number of carboxylic acid groups (broad SMARTS) is 1. The maximum atomic E-state index is 13.0. The molecule has 0 aromatic heterocycles. The zero-order valence-electron chi connectivity index (χ0n) is 11.4. The third-order valence-electron chi connectivity index (χ3n) is 3.07. The second-order valence-corrected chi connectivity index (χ2v) is 5.30. The van der Waals surface area contributed by atoms with E-state index in [0.717, 1.165) is 0 Å². The van der Waals surface area contributed by atoms with Crippen LogP contribution in [0.15, 0.2) is 29.4 Å². The number of hydrogen-bond donors (Lipinski definition) is 1. The Kier molecular flexibility index (Phi) is 4.13. The van der Waals surface area contributed by atoms with Gasteiger partial charge in [-0.25, -0.2) is 9.18 Å². The number of carbonyl (C=O) groups excluding carboxylic acids is 1. The van der Waals surface area contributed by atoms with E-state index in [9.17, 15) is 14.0 Å². The lowest BCUT2D eigenvalue weighted by Gasteiger charge is -2.32. The van der Waals surface area contributed by atoms with Gasteiger partial charge in [0.25, 0.3) is 0 Å². The van der Waals surface area contributed by atoms with Gasteiger partial charge in [-0.3, -0.25) is 9.80 Å². The van der Waals surface area contributed by atoms with E-state index >= 15 is 0 Å². The molecule has 0 amide bonds. The summed E-state index contributed by atoms with van der Waals surface area (Å²) in [7, 11) is 0. The molecule has 1 N–H and O–H groups in total. The highest BCUT2D eigenvalue weighted by atomic mass is 32.1. The molecule has 1 heterocycles. The first kappa shape index (κ1) is 15.2. The fourth-order valence-electron chi connectivity index (χ4n) is 2.05. The summed E-state index contributed by atoms with van der Waals surface area (Å²) in [6.45, 7) is 3.57. The van der Waals surface area contributed by atoms with Crippen LogP contribution in [-0.2, 0) is 9.59 Å². The maximum absolute atomic E-state index is 13.0. The summed E-state index contributed by atoms with van der Waals surface area (Å²) >= 11 is 5.27. The fourth-order valence-corrected chi connectivity index (χ4v) is 2.55. The van der Waals surface area contributed by atoms with Crippen LogP contribution in [0.3, 0.4) is 0 Å². The van der Waals surface area contributed by atoms with Gasteiger partial charge in [0, 0.05) is 6.04 Å². The van der Waals surface area contributed by atoms with Gasteiger partial charge < -0.3 is 5.11 Å². The molecule has 1 unspecified atom stereocenters. The van der Waals surface area contributed by atoms with E-state index in [1.54, 1.807) is 13.8 Å². The van der Waals surface area contributed by atoms with Gasteiger partial charge in [-0.05, 0) is 31.5 Å². The molecule has 1 aromatic rings. The minimum Gasteiger partial charge on any atom is -0.476 e. The number of rotatable bonds is 3. The number of carboxylic acids is 1. The Labute approximate surface area is 126 Å². The molecule has 0 aliphatic carbocycles. The van der Waals surface area contributed by atoms with Gasteiger partial charge in [-0.2, -0.15) is 5.10 Å². The summed E-state index contributed by atoms with van der Waals surface area (Å²) in [5.74, 6) is -3.47. The predicted molar refractivity (Wildman–Crippen MR) is 78.8 cm³/mol. The van der Waals surface area contributed by atoms with E-state index in [-0.39, 0.29) is 11.0 Å². The Bertz CT molecular complexity index is 640. The van der Waals surface area contributed by atoms with Gasteiger partial charge in [0.1, 0.15) is 16.7 Å². The molecular formula is C14H13FN2O3S. The van der Waals surface area contributed by atoms with Gasteiger partial charge in [-0.15, -0.1) is 0 Å². The van der Waals surface area contributed by atoms with Crippen LogP contribution in [0.5, 0.6) is 0 Å². The predicted octanol–water partition coefficient (Wildman–Crippen LogP) is 1.97. The number of nitrogens with zero attached hydrogens (tertiary/aromatic N) is 2. The highest BCUT2D eigenvalue weighted by molar-refractivity contribution is 7.80. The largest absolute Gasteiger partial charge is 0.476 e. The van der Waals surface area contributed by atoms with Crippen LogP contribution in [0.25, 0.3) is 0 Å². The molecule has 0 fully saturated rings. The van der Waals surface area contributed by atoms with Crippen molar-refractivity contribution in [2.45, 2.75) is 25.8 Å². The van der Waals surface area contributed by atoms with Gasteiger partial charge in [-0.1, -0.05) is 24.4 Å². The number of ketones is 1. The number of aliphatic carboxylic acids is 1. The summed E-state index contributed by atoms with van der Waals surface area (Å²) in [5.41, 5.74) is -0.114. The first-order valence-electron chi connectivity index (χ1n) is 6.27. The minimum absolute atomic E-state index is 0.192. The van der Waals surface area contributed by atoms with E-state index in [1.807, 2.05) is 0 Å². The Morgan fingerprint density at radius 1 is 1.38 bits per heavy atom. The van der Waals surface area contributed by atoms with Crippen LogP contribution in [0.1, 0.15) is 25.3 Å². The number of benzene rings is 1. The zero-order chi connectivity index (χ0) is 15.7. The monoisotopic (exact) mass is 308 g/mol. The van der Waals surface area contributed by atoms with Gasteiger partial charge >= 0.3 is 5.97 Å². The number of hydrogen-bond acceptors (Lipinski definition) is 4. The molecule has 2 rings (SSSR count). The number of carbonyl (C=O) groups is 2. The van der Waals surface area contributed by atoms with Crippen molar-refractivity contribution in [3.05, 3.63) is 35.6 Å². The van der Waals surface area contributed by atoms with Crippen LogP contribution in [-0.4, -0.2) is 38.6 Å². The third kappa shape index (κ3) is 2.82. The molecule has 1 aromatic carbocycles. The standard InChI is InChI=1S/C14H13FN2O3S/c1-7(2)17-13(21)10(8-3-5-9(15)6-4-8)12(18)11(16-17)14(19)20/h3-7,10H,1-2H3,(H,19,20). The average Bonchev–Trinajstić information content (AvgIpc) is 2.40. The smallest absolute Gasteiger partial charge is 0.360 e. The van der Waals surface area contributed by atoms with Gasteiger partial charge in [0.05, 0.1) is 0 Å². The van der Waals surface area contributed by atoms with Crippen molar-refractivity contribution in [2.75, 3.05) is 0 Å². The second kappa shape index (κ2) is 5.69. The van der Waals surface area contributed by atoms with Crippen molar-refractivity contribution in [2.24, 2.45) is 5.10 Å². The molecule has 1 aliphatic rings.